The van der Waals surface area contributed by atoms with Gasteiger partial charge < -0.3 is 9.88 Å². The summed E-state index contributed by atoms with van der Waals surface area (Å²) in [6.45, 7) is 9.68. The lowest BCUT2D eigenvalue weighted by Gasteiger charge is -2.09. The predicted octanol–water partition coefficient (Wildman–Crippen LogP) is 6.03. The molecule has 0 fully saturated rings. The number of aromatic nitrogens is 2. The van der Waals surface area contributed by atoms with Crippen LogP contribution in [0.3, 0.4) is 0 Å². The molecule has 0 saturated heterocycles. The van der Waals surface area contributed by atoms with Crippen molar-refractivity contribution in [3.63, 3.8) is 0 Å². The summed E-state index contributed by atoms with van der Waals surface area (Å²) in [6, 6.07) is 17.3. The van der Waals surface area contributed by atoms with E-state index in [1.807, 2.05) is 6.08 Å². The van der Waals surface area contributed by atoms with E-state index in [4.69, 9.17) is 4.98 Å². The number of fused-ring (bicyclic) bond motifs is 1. The van der Waals surface area contributed by atoms with Gasteiger partial charge in [-0.25, -0.2) is 4.98 Å². The minimum atomic E-state index is 0.723. The van der Waals surface area contributed by atoms with Crippen molar-refractivity contribution in [2.24, 2.45) is 0 Å². The van der Waals surface area contributed by atoms with Crippen molar-refractivity contribution in [2.75, 3.05) is 11.9 Å². The molecule has 0 aliphatic heterocycles. The minimum absolute atomic E-state index is 0.723. The van der Waals surface area contributed by atoms with Gasteiger partial charge >= 0.3 is 0 Å². The van der Waals surface area contributed by atoms with E-state index in [9.17, 15) is 0 Å². The number of nitrogens with one attached hydrogen (secondary N) is 1. The largest absolute Gasteiger partial charge is 0.358 e. The van der Waals surface area contributed by atoms with Crippen LogP contribution in [0, 0.1) is 13.8 Å². The molecule has 0 atom stereocenters. The van der Waals surface area contributed by atoms with Crippen LogP contribution in [0.4, 0.5) is 5.13 Å². The first kappa shape index (κ1) is 17.6. The first-order valence-electron chi connectivity index (χ1n) is 9.11. The van der Waals surface area contributed by atoms with Gasteiger partial charge in [-0.2, -0.15) is 0 Å². The van der Waals surface area contributed by atoms with Crippen LogP contribution < -0.4 is 5.32 Å². The van der Waals surface area contributed by atoms with Gasteiger partial charge in [0.15, 0.2) is 5.13 Å². The maximum Gasteiger partial charge on any atom is 0.183 e. The molecule has 0 aliphatic rings. The number of aryl methyl sites for hydroxylation is 1. The Kier molecular flexibility index (Phi) is 4.82. The Hall–Kier alpha value is -2.85. The molecule has 2 aromatic carbocycles. The smallest absolute Gasteiger partial charge is 0.183 e. The van der Waals surface area contributed by atoms with Crippen molar-refractivity contribution in [1.82, 2.24) is 9.55 Å². The standard InChI is InChI=1S/C23H23N3S/c1-4-12-24-23-25-20(15-27-23)22-17(3)26(14-18-8-6-5-7-9-18)21-11-10-16(2)13-19(21)22/h4-11,13,15H,1,12,14H2,2-3H3,(H,24,25). The number of nitrogens with zero attached hydrogens (tertiary/aromatic N) is 2. The van der Waals surface area contributed by atoms with Crippen LogP contribution in [-0.2, 0) is 6.54 Å². The summed E-state index contributed by atoms with van der Waals surface area (Å²) in [5, 5.41) is 7.63. The molecule has 0 spiro atoms. The third kappa shape index (κ3) is 3.40. The number of benzene rings is 2. The van der Waals surface area contributed by atoms with E-state index in [1.54, 1.807) is 11.3 Å². The Morgan fingerprint density at radius 3 is 2.74 bits per heavy atom. The van der Waals surface area contributed by atoms with Crippen molar-refractivity contribution in [2.45, 2.75) is 20.4 Å². The lowest BCUT2D eigenvalue weighted by molar-refractivity contribution is 0.806. The molecular formula is C23H23N3S. The van der Waals surface area contributed by atoms with Gasteiger partial charge in [0, 0.05) is 40.6 Å². The van der Waals surface area contributed by atoms with Crippen molar-refractivity contribution < 1.29 is 0 Å². The van der Waals surface area contributed by atoms with Gasteiger partial charge in [0.05, 0.1) is 5.69 Å². The molecule has 136 valence electrons. The summed E-state index contributed by atoms with van der Waals surface area (Å²) in [4.78, 5) is 4.83. The number of hydrogen-bond acceptors (Lipinski definition) is 3. The second-order valence-electron chi connectivity index (χ2n) is 6.76. The molecule has 0 unspecified atom stereocenters. The molecule has 2 heterocycles. The number of rotatable bonds is 6. The Morgan fingerprint density at radius 2 is 1.96 bits per heavy atom. The van der Waals surface area contributed by atoms with Gasteiger partial charge in [-0.3, -0.25) is 0 Å². The molecule has 0 radical (unpaired) electrons. The predicted molar refractivity (Wildman–Crippen MR) is 117 cm³/mol. The zero-order valence-corrected chi connectivity index (χ0v) is 16.5. The van der Waals surface area contributed by atoms with E-state index >= 15 is 0 Å². The molecule has 0 amide bonds. The third-order valence-corrected chi connectivity index (χ3v) is 5.62. The maximum atomic E-state index is 4.83. The van der Waals surface area contributed by atoms with Gasteiger partial charge in [0.2, 0.25) is 0 Å². The van der Waals surface area contributed by atoms with Gasteiger partial charge in [0.25, 0.3) is 0 Å². The van der Waals surface area contributed by atoms with Crippen LogP contribution in [0.1, 0.15) is 16.8 Å². The summed E-state index contributed by atoms with van der Waals surface area (Å²) in [6.07, 6.45) is 1.85. The molecule has 0 saturated carbocycles. The summed E-state index contributed by atoms with van der Waals surface area (Å²) >= 11 is 1.64. The highest BCUT2D eigenvalue weighted by Crippen LogP contribution is 2.37. The minimum Gasteiger partial charge on any atom is -0.358 e. The van der Waals surface area contributed by atoms with E-state index in [2.05, 4.69) is 84.2 Å². The second kappa shape index (κ2) is 7.41. The van der Waals surface area contributed by atoms with Crippen LogP contribution in [0.2, 0.25) is 0 Å². The van der Waals surface area contributed by atoms with Crippen LogP contribution >= 0.6 is 11.3 Å². The Labute approximate surface area is 164 Å². The van der Waals surface area contributed by atoms with E-state index in [0.29, 0.717) is 0 Å². The summed E-state index contributed by atoms with van der Waals surface area (Å²) in [5.74, 6) is 0. The second-order valence-corrected chi connectivity index (χ2v) is 7.62. The Bertz CT molecular complexity index is 1090. The summed E-state index contributed by atoms with van der Waals surface area (Å²) in [7, 11) is 0. The summed E-state index contributed by atoms with van der Waals surface area (Å²) in [5.41, 5.74) is 7.33. The Balaban J connectivity index is 1.85. The average Bonchev–Trinajstić information content (AvgIpc) is 3.23. The lowest BCUT2D eigenvalue weighted by atomic mass is 10.1. The molecule has 4 rings (SSSR count). The fraction of sp³-hybridized carbons (Fsp3) is 0.174. The van der Waals surface area contributed by atoms with Gasteiger partial charge in [-0.15, -0.1) is 17.9 Å². The molecule has 4 heteroatoms. The van der Waals surface area contributed by atoms with Crippen LogP contribution in [-0.4, -0.2) is 16.1 Å². The SMILES string of the molecule is C=CCNc1nc(-c2c(C)n(Cc3ccccc3)c3ccc(C)cc23)cs1. The van der Waals surface area contributed by atoms with Gasteiger partial charge in [0.1, 0.15) is 0 Å². The molecule has 1 N–H and O–H groups in total. The van der Waals surface area contributed by atoms with Crippen molar-refractivity contribution in [3.8, 4) is 11.3 Å². The highest BCUT2D eigenvalue weighted by molar-refractivity contribution is 7.14. The maximum absolute atomic E-state index is 4.83. The molecule has 0 bridgehead atoms. The van der Waals surface area contributed by atoms with Crippen LogP contribution in [0.5, 0.6) is 0 Å². The third-order valence-electron chi connectivity index (χ3n) is 4.82. The molecule has 0 aliphatic carbocycles. The molecular weight excluding hydrogens is 350 g/mol. The number of hydrogen-bond donors (Lipinski definition) is 1. The van der Waals surface area contributed by atoms with Crippen LogP contribution in [0.25, 0.3) is 22.2 Å². The Morgan fingerprint density at radius 1 is 1.15 bits per heavy atom. The van der Waals surface area contributed by atoms with E-state index < -0.39 is 0 Å². The van der Waals surface area contributed by atoms with Gasteiger partial charge in [-0.1, -0.05) is 48.0 Å². The average molecular weight is 374 g/mol. The quantitative estimate of drug-likeness (QED) is 0.418. The fourth-order valence-electron chi connectivity index (χ4n) is 3.52. The van der Waals surface area contributed by atoms with Crippen molar-refractivity contribution in [3.05, 3.63) is 83.4 Å². The zero-order chi connectivity index (χ0) is 18.8. The molecule has 4 aromatic rings. The van der Waals surface area contributed by atoms with Crippen molar-refractivity contribution in [1.29, 1.82) is 0 Å². The molecule has 27 heavy (non-hydrogen) atoms. The molecule has 3 nitrogen and oxygen atoms in total. The monoisotopic (exact) mass is 373 g/mol. The topological polar surface area (TPSA) is 29.9 Å². The first-order valence-corrected chi connectivity index (χ1v) is 9.99. The fourth-order valence-corrected chi connectivity index (χ4v) is 4.23. The first-order chi connectivity index (χ1) is 13.2. The van der Waals surface area contributed by atoms with E-state index in [0.717, 1.165) is 23.9 Å². The van der Waals surface area contributed by atoms with Crippen molar-refractivity contribution >= 4 is 27.4 Å². The lowest BCUT2D eigenvalue weighted by Crippen LogP contribution is -2.01. The number of anilines is 1. The highest BCUT2D eigenvalue weighted by atomic mass is 32.1. The summed E-state index contributed by atoms with van der Waals surface area (Å²) < 4.78 is 2.40. The van der Waals surface area contributed by atoms with E-state index in [-0.39, 0.29) is 0 Å². The normalized spacial score (nSPS) is 11.0. The number of thiazole rings is 1. The van der Waals surface area contributed by atoms with E-state index in [1.165, 1.54) is 33.3 Å². The zero-order valence-electron chi connectivity index (χ0n) is 15.7. The highest BCUT2D eigenvalue weighted by Gasteiger charge is 2.18. The van der Waals surface area contributed by atoms with Gasteiger partial charge in [-0.05, 0) is 31.5 Å². The molecule has 2 aromatic heterocycles. The van der Waals surface area contributed by atoms with Crippen LogP contribution in [0.15, 0.2) is 66.6 Å².